The van der Waals surface area contributed by atoms with Crippen molar-refractivity contribution < 1.29 is 18.7 Å². The van der Waals surface area contributed by atoms with E-state index < -0.39 is 11.9 Å². The van der Waals surface area contributed by atoms with Crippen LogP contribution in [0.15, 0.2) is 34.9 Å². The van der Waals surface area contributed by atoms with E-state index in [0.29, 0.717) is 11.3 Å². The molecule has 0 fully saturated rings. The van der Waals surface area contributed by atoms with Crippen LogP contribution in [0.4, 0.5) is 4.39 Å². The van der Waals surface area contributed by atoms with E-state index in [1.165, 1.54) is 31.6 Å². The van der Waals surface area contributed by atoms with Crippen LogP contribution in [0.2, 0.25) is 5.22 Å². The van der Waals surface area contributed by atoms with E-state index in [9.17, 15) is 9.50 Å². The molecule has 1 N–H and O–H groups in total. The topological polar surface area (TPSA) is 42.6 Å². The van der Waals surface area contributed by atoms with Gasteiger partial charge in [0, 0.05) is 17.2 Å². The van der Waals surface area contributed by atoms with E-state index >= 15 is 0 Å². The Labute approximate surface area is 102 Å². The summed E-state index contributed by atoms with van der Waals surface area (Å²) in [5.41, 5.74) is 0.449. The van der Waals surface area contributed by atoms with Crippen LogP contribution in [0, 0.1) is 5.82 Å². The Morgan fingerprint density at radius 2 is 2.12 bits per heavy atom. The lowest BCUT2D eigenvalue weighted by atomic mass is 10.0. The van der Waals surface area contributed by atoms with Crippen LogP contribution in [0.25, 0.3) is 0 Å². The van der Waals surface area contributed by atoms with Crippen molar-refractivity contribution in [1.29, 1.82) is 0 Å². The van der Waals surface area contributed by atoms with Crippen LogP contribution in [-0.2, 0) is 0 Å². The molecule has 1 aromatic carbocycles. The molecule has 1 atom stereocenters. The molecular weight excluding hydrogens is 247 g/mol. The number of halogens is 2. The van der Waals surface area contributed by atoms with E-state index in [-0.39, 0.29) is 10.8 Å². The molecule has 0 amide bonds. The second-order valence-electron chi connectivity index (χ2n) is 3.44. The predicted molar refractivity (Wildman–Crippen MR) is 60.7 cm³/mol. The van der Waals surface area contributed by atoms with Crippen molar-refractivity contribution in [3.63, 3.8) is 0 Å². The Morgan fingerprint density at radius 3 is 2.65 bits per heavy atom. The highest BCUT2D eigenvalue weighted by molar-refractivity contribution is 6.29. The quantitative estimate of drug-likeness (QED) is 0.917. The molecular formula is C12H10ClFO3. The van der Waals surface area contributed by atoms with Crippen LogP contribution in [0.3, 0.4) is 0 Å². The largest absolute Gasteiger partial charge is 0.497 e. The van der Waals surface area contributed by atoms with Crippen molar-refractivity contribution in [2.45, 2.75) is 6.10 Å². The third-order valence-electron chi connectivity index (χ3n) is 2.44. The number of hydrogen-bond donors (Lipinski definition) is 1. The van der Waals surface area contributed by atoms with Gasteiger partial charge in [0.15, 0.2) is 5.22 Å². The highest BCUT2D eigenvalue weighted by Crippen LogP contribution is 2.31. The molecule has 0 aliphatic carbocycles. The first-order valence-corrected chi connectivity index (χ1v) is 5.25. The molecule has 1 aromatic heterocycles. The average molecular weight is 257 g/mol. The Balaban J connectivity index is 2.38. The zero-order chi connectivity index (χ0) is 12.4. The summed E-state index contributed by atoms with van der Waals surface area (Å²) in [4.78, 5) is 0. The molecule has 3 nitrogen and oxygen atoms in total. The number of rotatable bonds is 3. The molecule has 0 spiro atoms. The number of hydrogen-bond acceptors (Lipinski definition) is 3. The maximum absolute atomic E-state index is 13.7. The summed E-state index contributed by atoms with van der Waals surface area (Å²) < 4.78 is 23.4. The molecule has 0 aliphatic rings. The summed E-state index contributed by atoms with van der Waals surface area (Å²) in [6.07, 6.45) is 0.176. The molecule has 90 valence electrons. The fourth-order valence-electron chi connectivity index (χ4n) is 1.52. The first-order valence-electron chi connectivity index (χ1n) is 4.88. The van der Waals surface area contributed by atoms with Gasteiger partial charge in [0.1, 0.15) is 17.7 Å². The summed E-state index contributed by atoms with van der Waals surface area (Å²) in [5.74, 6) is -0.175. The first kappa shape index (κ1) is 12.0. The average Bonchev–Trinajstić information content (AvgIpc) is 2.74. The van der Waals surface area contributed by atoms with Gasteiger partial charge in [-0.1, -0.05) is 0 Å². The normalized spacial score (nSPS) is 12.5. The lowest BCUT2D eigenvalue weighted by molar-refractivity contribution is 0.214. The van der Waals surface area contributed by atoms with Gasteiger partial charge in [0.2, 0.25) is 0 Å². The summed E-state index contributed by atoms with van der Waals surface area (Å²) in [6, 6.07) is 5.71. The molecule has 2 aromatic rings. The zero-order valence-electron chi connectivity index (χ0n) is 8.98. The number of furan rings is 1. The van der Waals surface area contributed by atoms with E-state index in [1.807, 2.05) is 0 Å². The third kappa shape index (κ3) is 2.28. The minimum Gasteiger partial charge on any atom is -0.497 e. The lowest BCUT2D eigenvalue weighted by Crippen LogP contribution is -2.02. The Kier molecular flexibility index (Phi) is 3.36. The SMILES string of the molecule is COc1ccc(C(O)c2ccoc2Cl)c(F)c1. The molecule has 2 rings (SSSR count). The number of aliphatic hydroxyl groups is 1. The number of benzene rings is 1. The summed E-state index contributed by atoms with van der Waals surface area (Å²) in [7, 11) is 1.44. The smallest absolute Gasteiger partial charge is 0.199 e. The fourth-order valence-corrected chi connectivity index (χ4v) is 1.74. The standard InChI is InChI=1S/C12H10ClFO3/c1-16-7-2-3-8(10(14)6-7)11(15)9-4-5-17-12(9)13/h2-6,11,15H,1H3. The van der Waals surface area contributed by atoms with E-state index in [0.717, 1.165) is 0 Å². The van der Waals surface area contributed by atoms with Crippen LogP contribution in [0.1, 0.15) is 17.2 Å². The van der Waals surface area contributed by atoms with Gasteiger partial charge in [-0.2, -0.15) is 0 Å². The van der Waals surface area contributed by atoms with Crippen molar-refractivity contribution >= 4 is 11.6 Å². The number of aliphatic hydroxyl groups excluding tert-OH is 1. The second kappa shape index (κ2) is 4.77. The van der Waals surface area contributed by atoms with E-state index in [1.54, 1.807) is 6.07 Å². The minimum absolute atomic E-state index is 0.0488. The van der Waals surface area contributed by atoms with Crippen molar-refractivity contribution in [2.75, 3.05) is 7.11 Å². The molecule has 0 bridgehead atoms. The zero-order valence-corrected chi connectivity index (χ0v) is 9.74. The first-order chi connectivity index (χ1) is 8.13. The predicted octanol–water partition coefficient (Wildman–Crippen LogP) is 3.16. The van der Waals surface area contributed by atoms with Crippen molar-refractivity contribution in [2.24, 2.45) is 0 Å². The second-order valence-corrected chi connectivity index (χ2v) is 3.78. The van der Waals surface area contributed by atoms with Gasteiger partial charge in [0.05, 0.1) is 13.4 Å². The summed E-state index contributed by atoms with van der Waals surface area (Å²) >= 11 is 5.72. The van der Waals surface area contributed by atoms with Crippen LogP contribution in [0.5, 0.6) is 5.75 Å². The van der Waals surface area contributed by atoms with Gasteiger partial charge < -0.3 is 14.3 Å². The Morgan fingerprint density at radius 1 is 1.35 bits per heavy atom. The number of ether oxygens (including phenoxy) is 1. The maximum atomic E-state index is 13.7. The number of methoxy groups -OCH3 is 1. The molecule has 17 heavy (non-hydrogen) atoms. The fraction of sp³-hybridized carbons (Fsp3) is 0.167. The van der Waals surface area contributed by atoms with Gasteiger partial charge >= 0.3 is 0 Å². The monoisotopic (exact) mass is 256 g/mol. The van der Waals surface area contributed by atoms with Gasteiger partial charge in [-0.15, -0.1) is 0 Å². The molecule has 0 saturated heterocycles. The van der Waals surface area contributed by atoms with Gasteiger partial charge in [-0.05, 0) is 29.8 Å². The Hall–Kier alpha value is -1.52. The van der Waals surface area contributed by atoms with Gasteiger partial charge in [-0.25, -0.2) is 4.39 Å². The van der Waals surface area contributed by atoms with Crippen molar-refractivity contribution in [1.82, 2.24) is 0 Å². The summed E-state index contributed by atoms with van der Waals surface area (Å²) in [6.45, 7) is 0. The van der Waals surface area contributed by atoms with Crippen molar-refractivity contribution in [3.05, 3.63) is 52.7 Å². The maximum Gasteiger partial charge on any atom is 0.199 e. The van der Waals surface area contributed by atoms with Gasteiger partial charge in [0.25, 0.3) is 0 Å². The highest BCUT2D eigenvalue weighted by Gasteiger charge is 2.19. The minimum atomic E-state index is -1.16. The molecule has 1 unspecified atom stereocenters. The van der Waals surface area contributed by atoms with Crippen LogP contribution in [-0.4, -0.2) is 12.2 Å². The third-order valence-corrected chi connectivity index (χ3v) is 2.75. The van der Waals surface area contributed by atoms with Crippen LogP contribution >= 0.6 is 11.6 Å². The molecule has 0 radical (unpaired) electrons. The molecule has 5 heteroatoms. The van der Waals surface area contributed by atoms with E-state index in [4.69, 9.17) is 20.8 Å². The molecule has 1 heterocycles. The van der Waals surface area contributed by atoms with Crippen LogP contribution < -0.4 is 4.74 Å². The summed E-state index contributed by atoms with van der Waals surface area (Å²) in [5, 5.41) is 10.0. The Bertz CT molecular complexity index is 524. The molecule has 0 saturated carbocycles. The van der Waals surface area contributed by atoms with E-state index in [2.05, 4.69) is 0 Å². The van der Waals surface area contributed by atoms with Crippen molar-refractivity contribution in [3.8, 4) is 5.75 Å². The lowest BCUT2D eigenvalue weighted by Gasteiger charge is -2.11. The highest BCUT2D eigenvalue weighted by atomic mass is 35.5. The van der Waals surface area contributed by atoms with Gasteiger partial charge in [-0.3, -0.25) is 0 Å². The molecule has 0 aliphatic heterocycles.